The Hall–Kier alpha value is -4.40. The van der Waals surface area contributed by atoms with Gasteiger partial charge in [0, 0.05) is 35.9 Å². The zero-order chi connectivity index (χ0) is 26.3. The quantitative estimate of drug-likeness (QED) is 0.459. The number of aliphatic imine (C=N–C) groups is 1. The van der Waals surface area contributed by atoms with Crippen LogP contribution in [-0.2, 0) is 0 Å². The number of nitriles is 2. The number of hydrogen-bond donors (Lipinski definition) is 0. The summed E-state index contributed by atoms with van der Waals surface area (Å²) < 4.78 is 5.76. The number of para-hydroxylation sites is 3. The normalized spacial score (nSPS) is 26.1. The molecular formula is C30H26N6OS. The molecule has 2 fully saturated rings. The van der Waals surface area contributed by atoms with Crippen LogP contribution in [0.4, 0.5) is 11.4 Å². The van der Waals surface area contributed by atoms with Gasteiger partial charge in [-0.3, -0.25) is 0 Å². The third-order valence-corrected chi connectivity index (χ3v) is 8.53. The minimum absolute atomic E-state index is 0.355. The maximum atomic E-state index is 11.1. The Labute approximate surface area is 227 Å². The minimum atomic E-state index is -1.17. The Morgan fingerprint density at radius 1 is 0.842 bits per heavy atom. The molecule has 0 amide bonds. The van der Waals surface area contributed by atoms with Crippen LogP contribution in [-0.4, -0.2) is 49.3 Å². The van der Waals surface area contributed by atoms with Crippen molar-refractivity contribution in [1.82, 2.24) is 4.90 Å². The van der Waals surface area contributed by atoms with Crippen molar-refractivity contribution in [2.45, 2.75) is 5.92 Å². The molecule has 2 bridgehead atoms. The molecule has 38 heavy (non-hydrogen) atoms. The predicted octanol–water partition coefficient (Wildman–Crippen LogP) is 4.80. The molecule has 0 aromatic heterocycles. The van der Waals surface area contributed by atoms with E-state index >= 15 is 0 Å². The van der Waals surface area contributed by atoms with Gasteiger partial charge in [0.1, 0.15) is 34.1 Å². The molecule has 6 rings (SSSR count). The second-order valence-corrected chi connectivity index (χ2v) is 10.3. The van der Waals surface area contributed by atoms with Crippen molar-refractivity contribution in [3.63, 3.8) is 0 Å². The third kappa shape index (κ3) is 3.38. The molecule has 3 heterocycles. The summed E-state index contributed by atoms with van der Waals surface area (Å²) in [5.41, 5.74) is 0.457. The zero-order valence-electron chi connectivity index (χ0n) is 21.0. The SMILES string of the molecule is COc1ccccc1C1C2(C#N)CN(c3ccccc3)CC1(C#N)C1=NCN(c3ccccc3)CN1C2=S. The summed E-state index contributed by atoms with van der Waals surface area (Å²) in [5, 5.41) is 22.1. The minimum Gasteiger partial charge on any atom is -0.496 e. The first kappa shape index (κ1) is 24.0. The van der Waals surface area contributed by atoms with E-state index in [1.54, 1.807) is 7.11 Å². The number of benzene rings is 3. The van der Waals surface area contributed by atoms with E-state index in [1.807, 2.05) is 89.8 Å². The van der Waals surface area contributed by atoms with E-state index in [0.717, 1.165) is 16.9 Å². The molecule has 0 spiro atoms. The van der Waals surface area contributed by atoms with Crippen molar-refractivity contribution in [1.29, 1.82) is 10.5 Å². The van der Waals surface area contributed by atoms with Crippen LogP contribution in [0.3, 0.4) is 0 Å². The topological polar surface area (TPSA) is 78.9 Å². The average molecular weight is 519 g/mol. The third-order valence-electron chi connectivity index (χ3n) is 7.94. The first-order chi connectivity index (χ1) is 18.6. The molecule has 0 saturated carbocycles. The monoisotopic (exact) mass is 518 g/mol. The second kappa shape index (κ2) is 9.16. The van der Waals surface area contributed by atoms with Gasteiger partial charge < -0.3 is 19.4 Å². The summed E-state index contributed by atoms with van der Waals surface area (Å²) in [6.45, 7) is 1.56. The Bertz CT molecular complexity index is 1500. The molecule has 0 N–H and O–H groups in total. The van der Waals surface area contributed by atoms with Gasteiger partial charge >= 0.3 is 0 Å². The van der Waals surface area contributed by atoms with Gasteiger partial charge in [-0.15, -0.1) is 0 Å². The van der Waals surface area contributed by atoms with Crippen molar-refractivity contribution in [2.75, 3.05) is 43.3 Å². The van der Waals surface area contributed by atoms with E-state index in [1.165, 1.54) is 0 Å². The summed E-state index contributed by atoms with van der Waals surface area (Å²) in [7, 11) is 1.62. The molecule has 3 aromatic carbocycles. The fraction of sp³-hybridized carbons (Fsp3) is 0.267. The van der Waals surface area contributed by atoms with E-state index in [4.69, 9.17) is 21.9 Å². The molecule has 3 atom stereocenters. The van der Waals surface area contributed by atoms with Gasteiger partial charge in [-0.1, -0.05) is 66.8 Å². The summed E-state index contributed by atoms with van der Waals surface area (Å²) in [4.78, 5) is 11.7. The Morgan fingerprint density at radius 2 is 1.42 bits per heavy atom. The molecule has 3 aromatic rings. The molecule has 0 radical (unpaired) electrons. The highest BCUT2D eigenvalue weighted by Gasteiger charge is 2.68. The lowest BCUT2D eigenvalue weighted by molar-refractivity contribution is 0.202. The lowest BCUT2D eigenvalue weighted by Crippen LogP contribution is -2.73. The van der Waals surface area contributed by atoms with Gasteiger partial charge in [0.15, 0.2) is 0 Å². The van der Waals surface area contributed by atoms with E-state index in [2.05, 4.69) is 21.9 Å². The number of anilines is 2. The molecule has 3 aliphatic heterocycles. The van der Waals surface area contributed by atoms with Crippen molar-refractivity contribution < 1.29 is 4.74 Å². The number of methoxy groups -OCH3 is 1. The maximum absolute atomic E-state index is 11.1. The Kier molecular flexibility index (Phi) is 5.78. The van der Waals surface area contributed by atoms with Crippen LogP contribution < -0.4 is 14.5 Å². The van der Waals surface area contributed by atoms with E-state index in [9.17, 15) is 10.5 Å². The van der Waals surface area contributed by atoms with Gasteiger partial charge in [0.05, 0.1) is 25.9 Å². The van der Waals surface area contributed by atoms with Gasteiger partial charge in [-0.25, -0.2) is 4.99 Å². The fourth-order valence-electron chi connectivity index (χ4n) is 6.31. The number of amidine groups is 1. The first-order valence-electron chi connectivity index (χ1n) is 12.5. The summed E-state index contributed by atoms with van der Waals surface area (Å²) in [5.74, 6) is 0.718. The highest BCUT2D eigenvalue weighted by Crippen LogP contribution is 2.60. The zero-order valence-corrected chi connectivity index (χ0v) is 21.8. The number of fused-ring (bicyclic) bond motifs is 4. The average Bonchev–Trinajstić information content (AvgIpc) is 3.00. The molecule has 8 heteroatoms. The molecular weight excluding hydrogens is 492 g/mol. The molecule has 3 aliphatic rings. The smallest absolute Gasteiger partial charge is 0.141 e. The highest BCUT2D eigenvalue weighted by atomic mass is 32.1. The maximum Gasteiger partial charge on any atom is 0.141 e. The number of piperidine rings is 2. The number of rotatable bonds is 4. The van der Waals surface area contributed by atoms with E-state index in [-0.39, 0.29) is 0 Å². The van der Waals surface area contributed by atoms with Crippen molar-refractivity contribution in [3.8, 4) is 17.9 Å². The van der Waals surface area contributed by atoms with Crippen molar-refractivity contribution >= 4 is 34.4 Å². The van der Waals surface area contributed by atoms with Crippen molar-refractivity contribution in [2.24, 2.45) is 15.8 Å². The first-order valence-corrected chi connectivity index (χ1v) is 12.9. The van der Waals surface area contributed by atoms with Crippen LogP contribution in [0.25, 0.3) is 0 Å². The van der Waals surface area contributed by atoms with Gasteiger partial charge in [0.2, 0.25) is 0 Å². The number of ether oxygens (including phenoxy) is 1. The van der Waals surface area contributed by atoms with Crippen molar-refractivity contribution in [3.05, 3.63) is 90.5 Å². The van der Waals surface area contributed by atoms with Gasteiger partial charge in [-0.2, -0.15) is 10.5 Å². The van der Waals surface area contributed by atoms with Crippen LogP contribution in [0.15, 0.2) is 89.9 Å². The standard InChI is InChI=1S/C30H26N6OS/c1-37-25-15-9-8-14-24(25)26-29(16-31)18-34(22-10-4-2-5-11-22)19-30(26,17-32)28(38)36-21-35(20-33-27(29)36)23-12-6-3-7-13-23/h2-15,26H,18-21H2,1H3. The van der Waals surface area contributed by atoms with Gasteiger partial charge in [0.25, 0.3) is 0 Å². The molecule has 188 valence electrons. The summed E-state index contributed by atoms with van der Waals surface area (Å²) in [6, 6.07) is 32.9. The molecule has 7 nitrogen and oxygen atoms in total. The Morgan fingerprint density at radius 3 is 2.05 bits per heavy atom. The van der Waals surface area contributed by atoms with Crippen LogP contribution >= 0.6 is 12.2 Å². The number of hydrogen-bond acceptors (Lipinski definition) is 7. The van der Waals surface area contributed by atoms with Crippen LogP contribution in [0, 0.1) is 33.5 Å². The molecule has 3 unspecified atom stereocenters. The van der Waals surface area contributed by atoms with E-state index in [0.29, 0.717) is 43.0 Å². The second-order valence-electron chi connectivity index (χ2n) is 9.91. The lowest BCUT2D eigenvalue weighted by atomic mass is 9.53. The van der Waals surface area contributed by atoms with E-state index < -0.39 is 16.7 Å². The van der Waals surface area contributed by atoms with Crippen LogP contribution in [0.2, 0.25) is 0 Å². The van der Waals surface area contributed by atoms with Crippen LogP contribution in [0.5, 0.6) is 5.75 Å². The number of thiocarbonyl (C=S) groups is 1. The predicted molar refractivity (Wildman–Crippen MR) is 151 cm³/mol. The lowest BCUT2D eigenvalue weighted by Gasteiger charge is -2.61. The number of nitrogens with zero attached hydrogens (tertiary/aromatic N) is 6. The Balaban J connectivity index is 1.58. The summed E-state index contributed by atoms with van der Waals surface area (Å²) >= 11 is 6.20. The molecule has 2 saturated heterocycles. The van der Waals surface area contributed by atoms with Crippen LogP contribution in [0.1, 0.15) is 11.5 Å². The fourth-order valence-corrected chi connectivity index (χ4v) is 6.68. The largest absolute Gasteiger partial charge is 0.496 e. The summed E-state index contributed by atoms with van der Waals surface area (Å²) in [6.07, 6.45) is 0. The molecule has 0 aliphatic carbocycles. The van der Waals surface area contributed by atoms with Gasteiger partial charge in [-0.05, 0) is 30.3 Å². The highest BCUT2D eigenvalue weighted by molar-refractivity contribution is 7.80.